The summed E-state index contributed by atoms with van der Waals surface area (Å²) in [7, 11) is 4.23. The Morgan fingerprint density at radius 2 is 2.00 bits per heavy atom. The zero-order valence-electron chi connectivity index (χ0n) is 12.1. The van der Waals surface area contributed by atoms with Gasteiger partial charge in [-0.05, 0) is 44.6 Å². The Hall–Kier alpha value is -1.45. The fraction of sp³-hybridized carbons (Fsp3) is 0.438. The maximum atomic E-state index is 4.39. The van der Waals surface area contributed by atoms with Crippen molar-refractivity contribution in [1.82, 2.24) is 15.2 Å². The van der Waals surface area contributed by atoms with Gasteiger partial charge in [-0.2, -0.15) is 0 Å². The molecule has 1 N–H and O–H groups in total. The van der Waals surface area contributed by atoms with Crippen LogP contribution in [-0.2, 0) is 0 Å². The Bertz CT molecular complexity index is 517. The summed E-state index contributed by atoms with van der Waals surface area (Å²) in [6.45, 7) is 4.20. The lowest BCUT2D eigenvalue weighted by Gasteiger charge is -2.21. The summed E-state index contributed by atoms with van der Waals surface area (Å²) >= 11 is 0. The van der Waals surface area contributed by atoms with Crippen LogP contribution in [0.4, 0.5) is 0 Å². The first-order valence-electron chi connectivity index (χ1n) is 6.93. The molecule has 0 amide bonds. The van der Waals surface area contributed by atoms with Crippen LogP contribution >= 0.6 is 0 Å². The van der Waals surface area contributed by atoms with Gasteiger partial charge in [0, 0.05) is 23.8 Å². The van der Waals surface area contributed by atoms with Gasteiger partial charge < -0.3 is 10.2 Å². The number of hydrogen-bond acceptors (Lipinski definition) is 3. The van der Waals surface area contributed by atoms with E-state index in [2.05, 4.69) is 60.5 Å². The second-order valence-electron chi connectivity index (χ2n) is 5.15. The molecule has 3 heteroatoms. The zero-order chi connectivity index (χ0) is 13.7. The number of nitrogens with one attached hydrogen (secondary N) is 1. The minimum atomic E-state index is 0.367. The van der Waals surface area contributed by atoms with Crippen LogP contribution in [0.3, 0.4) is 0 Å². The molecule has 102 valence electrons. The van der Waals surface area contributed by atoms with Gasteiger partial charge in [0.05, 0.1) is 0 Å². The molecule has 1 aromatic carbocycles. The SMILES string of the molecule is CCNC(CCN(C)C)c1cncc2ccccc12. The first kappa shape index (κ1) is 14.0. The molecule has 1 unspecified atom stereocenters. The van der Waals surface area contributed by atoms with Crippen LogP contribution in [0.25, 0.3) is 10.8 Å². The lowest BCUT2D eigenvalue weighted by Crippen LogP contribution is -2.25. The van der Waals surface area contributed by atoms with Crippen molar-refractivity contribution < 1.29 is 0 Å². The normalized spacial score (nSPS) is 13.1. The quantitative estimate of drug-likeness (QED) is 0.862. The monoisotopic (exact) mass is 257 g/mol. The van der Waals surface area contributed by atoms with E-state index < -0.39 is 0 Å². The molecule has 0 saturated heterocycles. The Balaban J connectivity index is 2.32. The molecule has 0 bridgehead atoms. The summed E-state index contributed by atoms with van der Waals surface area (Å²) in [5.74, 6) is 0. The van der Waals surface area contributed by atoms with E-state index in [1.807, 2.05) is 12.4 Å². The molecule has 1 heterocycles. The molecule has 2 aromatic rings. The summed E-state index contributed by atoms with van der Waals surface area (Å²) in [4.78, 5) is 6.61. The summed E-state index contributed by atoms with van der Waals surface area (Å²) < 4.78 is 0. The Labute approximate surface area is 115 Å². The molecular weight excluding hydrogens is 234 g/mol. The number of aromatic nitrogens is 1. The standard InChI is InChI=1S/C16H23N3/c1-4-18-16(9-10-19(2)3)15-12-17-11-13-7-5-6-8-14(13)15/h5-8,11-12,16,18H,4,9-10H2,1-3H3. The number of fused-ring (bicyclic) bond motifs is 1. The molecular formula is C16H23N3. The third kappa shape index (κ3) is 3.52. The van der Waals surface area contributed by atoms with Crippen LogP contribution in [0.15, 0.2) is 36.7 Å². The molecule has 0 radical (unpaired) electrons. The number of hydrogen-bond donors (Lipinski definition) is 1. The zero-order valence-corrected chi connectivity index (χ0v) is 12.1. The van der Waals surface area contributed by atoms with Crippen molar-refractivity contribution in [2.75, 3.05) is 27.2 Å². The summed E-state index contributed by atoms with van der Waals surface area (Å²) in [5, 5.41) is 6.10. The van der Waals surface area contributed by atoms with Crippen LogP contribution in [0, 0.1) is 0 Å². The van der Waals surface area contributed by atoms with Gasteiger partial charge in [0.1, 0.15) is 0 Å². The Kier molecular flexibility index (Phi) is 4.88. The van der Waals surface area contributed by atoms with Crippen molar-refractivity contribution in [3.05, 3.63) is 42.2 Å². The first-order valence-corrected chi connectivity index (χ1v) is 6.93. The van der Waals surface area contributed by atoms with Crippen molar-refractivity contribution in [3.8, 4) is 0 Å². The van der Waals surface area contributed by atoms with Gasteiger partial charge in [0.2, 0.25) is 0 Å². The molecule has 3 nitrogen and oxygen atoms in total. The second kappa shape index (κ2) is 6.64. The third-order valence-electron chi connectivity index (χ3n) is 3.39. The predicted octanol–water partition coefficient (Wildman–Crippen LogP) is 2.84. The largest absolute Gasteiger partial charge is 0.310 e. The van der Waals surface area contributed by atoms with Crippen molar-refractivity contribution in [2.45, 2.75) is 19.4 Å². The lowest BCUT2D eigenvalue weighted by molar-refractivity contribution is 0.364. The fourth-order valence-electron chi connectivity index (χ4n) is 2.42. The van der Waals surface area contributed by atoms with Gasteiger partial charge in [-0.1, -0.05) is 31.2 Å². The van der Waals surface area contributed by atoms with Gasteiger partial charge in [-0.15, -0.1) is 0 Å². The fourth-order valence-corrected chi connectivity index (χ4v) is 2.42. The molecule has 0 fully saturated rings. The van der Waals surface area contributed by atoms with Crippen molar-refractivity contribution in [3.63, 3.8) is 0 Å². The summed E-state index contributed by atoms with van der Waals surface area (Å²) in [5.41, 5.74) is 1.31. The van der Waals surface area contributed by atoms with Crippen LogP contribution in [0.5, 0.6) is 0 Å². The van der Waals surface area contributed by atoms with E-state index in [4.69, 9.17) is 0 Å². The highest BCUT2D eigenvalue weighted by Gasteiger charge is 2.13. The summed E-state index contributed by atoms with van der Waals surface area (Å²) in [6.07, 6.45) is 5.04. The lowest BCUT2D eigenvalue weighted by atomic mass is 9.99. The van der Waals surface area contributed by atoms with Crippen molar-refractivity contribution in [2.24, 2.45) is 0 Å². The van der Waals surface area contributed by atoms with Gasteiger partial charge in [0.15, 0.2) is 0 Å². The number of pyridine rings is 1. The molecule has 19 heavy (non-hydrogen) atoms. The maximum absolute atomic E-state index is 4.39. The summed E-state index contributed by atoms with van der Waals surface area (Å²) in [6, 6.07) is 8.84. The number of nitrogens with zero attached hydrogens (tertiary/aromatic N) is 2. The second-order valence-corrected chi connectivity index (χ2v) is 5.15. The van der Waals surface area contributed by atoms with E-state index in [0.717, 1.165) is 19.5 Å². The molecule has 0 saturated carbocycles. The Morgan fingerprint density at radius 3 is 2.74 bits per heavy atom. The van der Waals surface area contributed by atoms with E-state index in [-0.39, 0.29) is 0 Å². The van der Waals surface area contributed by atoms with Crippen molar-refractivity contribution in [1.29, 1.82) is 0 Å². The topological polar surface area (TPSA) is 28.2 Å². The maximum Gasteiger partial charge on any atom is 0.0353 e. The van der Waals surface area contributed by atoms with Crippen LogP contribution in [0.1, 0.15) is 24.9 Å². The molecule has 0 aliphatic rings. The number of benzene rings is 1. The van der Waals surface area contributed by atoms with E-state index in [1.54, 1.807) is 0 Å². The van der Waals surface area contributed by atoms with Crippen LogP contribution in [-0.4, -0.2) is 37.1 Å². The Morgan fingerprint density at radius 1 is 1.21 bits per heavy atom. The van der Waals surface area contributed by atoms with Crippen LogP contribution < -0.4 is 5.32 Å². The minimum absolute atomic E-state index is 0.367. The highest BCUT2D eigenvalue weighted by atomic mass is 15.1. The molecule has 0 aliphatic carbocycles. The average molecular weight is 257 g/mol. The smallest absolute Gasteiger partial charge is 0.0353 e. The van der Waals surface area contributed by atoms with E-state index in [1.165, 1.54) is 16.3 Å². The predicted molar refractivity (Wildman–Crippen MR) is 81.3 cm³/mol. The average Bonchev–Trinajstić information content (AvgIpc) is 2.43. The van der Waals surface area contributed by atoms with Gasteiger partial charge in [-0.25, -0.2) is 0 Å². The first-order chi connectivity index (χ1) is 9.22. The minimum Gasteiger partial charge on any atom is -0.310 e. The van der Waals surface area contributed by atoms with E-state index in [0.29, 0.717) is 6.04 Å². The van der Waals surface area contributed by atoms with Crippen molar-refractivity contribution >= 4 is 10.8 Å². The highest BCUT2D eigenvalue weighted by molar-refractivity contribution is 5.85. The molecule has 1 atom stereocenters. The molecule has 0 aliphatic heterocycles. The molecule has 1 aromatic heterocycles. The number of rotatable bonds is 6. The van der Waals surface area contributed by atoms with Gasteiger partial charge >= 0.3 is 0 Å². The van der Waals surface area contributed by atoms with Gasteiger partial charge in [-0.3, -0.25) is 4.98 Å². The molecule has 0 spiro atoms. The molecule has 2 rings (SSSR count). The third-order valence-corrected chi connectivity index (χ3v) is 3.39. The van der Waals surface area contributed by atoms with E-state index in [9.17, 15) is 0 Å². The van der Waals surface area contributed by atoms with E-state index >= 15 is 0 Å². The van der Waals surface area contributed by atoms with Crippen LogP contribution in [0.2, 0.25) is 0 Å². The highest BCUT2D eigenvalue weighted by Crippen LogP contribution is 2.25. The van der Waals surface area contributed by atoms with Gasteiger partial charge in [0.25, 0.3) is 0 Å².